The molecule has 0 saturated carbocycles. The molecular formula is C16H25BN4O3. The van der Waals surface area contributed by atoms with Gasteiger partial charge in [0.1, 0.15) is 0 Å². The van der Waals surface area contributed by atoms with Gasteiger partial charge in [-0.3, -0.25) is 9.78 Å². The van der Waals surface area contributed by atoms with Crippen LogP contribution in [0.25, 0.3) is 6.08 Å². The standard InChI is InChI=1S/C16H25BN4O3/c1-10(22)21-8-12(6-11-7-20-9-13(18)14(11)19)17-23-15(2,3)16(4,5)24-17/h6-7,9H,8,18H2,1-5H3,(H2,19,20)(H,21,22). The van der Waals surface area contributed by atoms with Gasteiger partial charge in [-0.25, -0.2) is 0 Å². The second kappa shape index (κ2) is 6.45. The van der Waals surface area contributed by atoms with E-state index in [1.807, 2.05) is 27.7 Å². The first-order valence-electron chi connectivity index (χ1n) is 7.83. The molecule has 1 aliphatic rings. The summed E-state index contributed by atoms with van der Waals surface area (Å²) >= 11 is 0. The lowest BCUT2D eigenvalue weighted by molar-refractivity contribution is -0.118. The number of aromatic nitrogens is 1. The molecule has 2 rings (SSSR count). The number of nitrogens with zero attached hydrogens (tertiary/aromatic N) is 1. The number of pyridine rings is 1. The third kappa shape index (κ3) is 3.71. The lowest BCUT2D eigenvalue weighted by Gasteiger charge is -2.32. The van der Waals surface area contributed by atoms with E-state index in [1.54, 1.807) is 12.3 Å². The van der Waals surface area contributed by atoms with Gasteiger partial charge < -0.3 is 26.1 Å². The van der Waals surface area contributed by atoms with E-state index < -0.39 is 18.3 Å². The zero-order valence-corrected chi connectivity index (χ0v) is 14.8. The van der Waals surface area contributed by atoms with Crippen LogP contribution in [0.15, 0.2) is 17.9 Å². The van der Waals surface area contributed by atoms with E-state index in [2.05, 4.69) is 10.3 Å². The van der Waals surface area contributed by atoms with Crippen molar-refractivity contribution in [1.29, 1.82) is 0 Å². The van der Waals surface area contributed by atoms with Gasteiger partial charge in [0.25, 0.3) is 0 Å². The van der Waals surface area contributed by atoms with Gasteiger partial charge in [-0.1, -0.05) is 6.08 Å². The number of hydrogen-bond donors (Lipinski definition) is 3. The predicted octanol–water partition coefficient (Wildman–Crippen LogP) is 1.40. The second-order valence-corrected chi connectivity index (χ2v) is 6.95. The molecular weight excluding hydrogens is 307 g/mol. The lowest BCUT2D eigenvalue weighted by Crippen LogP contribution is -2.41. The Bertz CT molecular complexity index is 657. The van der Waals surface area contributed by atoms with Gasteiger partial charge >= 0.3 is 7.12 Å². The Morgan fingerprint density at radius 1 is 1.25 bits per heavy atom. The average molecular weight is 332 g/mol. The Kier molecular flexibility index (Phi) is 4.91. The van der Waals surface area contributed by atoms with Crippen LogP contribution in [0.3, 0.4) is 0 Å². The van der Waals surface area contributed by atoms with Gasteiger partial charge in [0, 0.05) is 25.2 Å². The van der Waals surface area contributed by atoms with Crippen LogP contribution in [0.2, 0.25) is 0 Å². The molecule has 0 bridgehead atoms. The summed E-state index contributed by atoms with van der Waals surface area (Å²) in [6, 6.07) is 0. The molecule has 0 aromatic carbocycles. The van der Waals surface area contributed by atoms with Gasteiger partial charge in [-0.05, 0) is 33.2 Å². The number of nitrogen functional groups attached to an aromatic ring is 2. The van der Waals surface area contributed by atoms with Crippen molar-refractivity contribution < 1.29 is 14.1 Å². The molecule has 1 aromatic rings. The first kappa shape index (κ1) is 18.3. The molecule has 7 nitrogen and oxygen atoms in total. The van der Waals surface area contributed by atoms with E-state index in [-0.39, 0.29) is 12.5 Å². The van der Waals surface area contributed by atoms with Crippen molar-refractivity contribution in [3.05, 3.63) is 23.4 Å². The minimum Gasteiger partial charge on any atom is -0.400 e. The monoisotopic (exact) mass is 332 g/mol. The van der Waals surface area contributed by atoms with E-state index in [4.69, 9.17) is 20.8 Å². The van der Waals surface area contributed by atoms with Crippen LogP contribution in [0.5, 0.6) is 0 Å². The quantitative estimate of drug-likeness (QED) is 0.719. The number of nitrogens with two attached hydrogens (primary N) is 2. The van der Waals surface area contributed by atoms with E-state index >= 15 is 0 Å². The minimum absolute atomic E-state index is 0.143. The molecule has 1 aliphatic heterocycles. The molecule has 130 valence electrons. The maximum atomic E-state index is 11.3. The van der Waals surface area contributed by atoms with E-state index in [0.717, 1.165) is 5.47 Å². The van der Waals surface area contributed by atoms with Crippen molar-refractivity contribution in [2.24, 2.45) is 0 Å². The zero-order chi connectivity index (χ0) is 18.1. The van der Waals surface area contributed by atoms with E-state index in [9.17, 15) is 4.79 Å². The van der Waals surface area contributed by atoms with Crippen molar-refractivity contribution in [3.63, 3.8) is 0 Å². The Morgan fingerprint density at radius 3 is 2.38 bits per heavy atom. The first-order chi connectivity index (χ1) is 11.0. The number of hydrogen-bond acceptors (Lipinski definition) is 6. The highest BCUT2D eigenvalue weighted by molar-refractivity contribution is 6.56. The third-order valence-corrected chi connectivity index (χ3v) is 4.49. The number of rotatable bonds is 4. The molecule has 0 atom stereocenters. The van der Waals surface area contributed by atoms with Crippen LogP contribution in [-0.4, -0.2) is 35.8 Å². The highest BCUT2D eigenvalue weighted by atomic mass is 16.7. The van der Waals surface area contributed by atoms with Crippen LogP contribution in [-0.2, 0) is 14.1 Å². The largest absolute Gasteiger partial charge is 0.492 e. The fourth-order valence-electron chi connectivity index (χ4n) is 2.24. The SMILES string of the molecule is CC(=O)NCC(=Cc1cncc(N)c1N)B1OC(C)(C)C(C)(C)O1. The maximum Gasteiger partial charge on any atom is 0.492 e. The molecule has 0 unspecified atom stereocenters. The Morgan fingerprint density at radius 2 is 1.83 bits per heavy atom. The van der Waals surface area contributed by atoms with Crippen LogP contribution >= 0.6 is 0 Å². The Hall–Kier alpha value is -2.06. The number of nitrogens with one attached hydrogen (secondary N) is 1. The summed E-state index contributed by atoms with van der Waals surface area (Å²) in [7, 11) is -0.595. The third-order valence-electron chi connectivity index (χ3n) is 4.49. The first-order valence-corrected chi connectivity index (χ1v) is 7.83. The summed E-state index contributed by atoms with van der Waals surface area (Å²) in [5.74, 6) is -0.143. The van der Waals surface area contributed by atoms with Crippen molar-refractivity contribution in [1.82, 2.24) is 10.3 Å². The van der Waals surface area contributed by atoms with Gasteiger partial charge in [-0.2, -0.15) is 0 Å². The molecule has 1 aromatic heterocycles. The maximum absolute atomic E-state index is 11.3. The van der Waals surface area contributed by atoms with Gasteiger partial charge in [0.15, 0.2) is 0 Å². The van der Waals surface area contributed by atoms with Gasteiger partial charge in [0.2, 0.25) is 5.91 Å². The molecule has 5 N–H and O–H groups in total. The normalized spacial score (nSPS) is 19.4. The van der Waals surface area contributed by atoms with E-state index in [1.165, 1.54) is 13.1 Å². The summed E-state index contributed by atoms with van der Waals surface area (Å²) in [4.78, 5) is 15.4. The van der Waals surface area contributed by atoms with Crippen molar-refractivity contribution in [3.8, 4) is 0 Å². The number of carbonyl (C=O) groups is 1. The Balaban J connectivity index is 2.37. The molecule has 1 amide bonds. The predicted molar refractivity (Wildman–Crippen MR) is 95.8 cm³/mol. The second-order valence-electron chi connectivity index (χ2n) is 6.95. The smallest absolute Gasteiger partial charge is 0.400 e. The molecule has 0 radical (unpaired) electrons. The average Bonchev–Trinajstić information content (AvgIpc) is 2.67. The van der Waals surface area contributed by atoms with Crippen molar-refractivity contribution >= 4 is 30.5 Å². The van der Waals surface area contributed by atoms with Crippen LogP contribution in [0.4, 0.5) is 11.4 Å². The Labute approximate surface area is 142 Å². The number of anilines is 2. The van der Waals surface area contributed by atoms with Crippen molar-refractivity contribution in [2.75, 3.05) is 18.0 Å². The fourth-order valence-corrected chi connectivity index (χ4v) is 2.24. The number of amides is 1. The summed E-state index contributed by atoms with van der Waals surface area (Å²) in [5, 5.41) is 2.77. The molecule has 0 aliphatic carbocycles. The molecule has 24 heavy (non-hydrogen) atoms. The summed E-state index contributed by atoms with van der Waals surface area (Å²) in [5.41, 5.74) is 13.1. The van der Waals surface area contributed by atoms with Crippen LogP contribution in [0, 0.1) is 0 Å². The van der Waals surface area contributed by atoms with E-state index in [0.29, 0.717) is 16.9 Å². The topological polar surface area (TPSA) is 112 Å². The minimum atomic E-state index is -0.595. The summed E-state index contributed by atoms with van der Waals surface area (Å²) in [6.45, 7) is 9.62. The molecule has 0 spiro atoms. The lowest BCUT2D eigenvalue weighted by atomic mass is 9.77. The molecule has 1 saturated heterocycles. The van der Waals surface area contributed by atoms with Crippen LogP contribution < -0.4 is 16.8 Å². The van der Waals surface area contributed by atoms with Gasteiger partial charge in [0.05, 0.1) is 28.8 Å². The highest BCUT2D eigenvalue weighted by Crippen LogP contribution is 2.39. The van der Waals surface area contributed by atoms with Gasteiger partial charge in [-0.15, -0.1) is 0 Å². The molecule has 1 fully saturated rings. The number of carbonyl (C=O) groups excluding carboxylic acids is 1. The highest BCUT2D eigenvalue weighted by Gasteiger charge is 2.52. The van der Waals surface area contributed by atoms with Crippen LogP contribution in [0.1, 0.15) is 40.2 Å². The van der Waals surface area contributed by atoms with Crippen molar-refractivity contribution in [2.45, 2.75) is 45.8 Å². The summed E-state index contributed by atoms with van der Waals surface area (Å²) in [6.07, 6.45) is 4.91. The molecule has 8 heteroatoms. The summed E-state index contributed by atoms with van der Waals surface area (Å²) < 4.78 is 12.1. The fraction of sp³-hybridized carbons (Fsp3) is 0.500. The zero-order valence-electron chi connectivity index (χ0n) is 14.8. The molecule has 2 heterocycles.